The van der Waals surface area contributed by atoms with Crippen LogP contribution in [-0.2, 0) is 10.9 Å². The molecule has 112 valence electrons. The second-order valence-electron chi connectivity index (χ2n) is 3.86. The molecule has 0 aliphatic heterocycles. The minimum Gasteiger partial charge on any atom is -0.462 e. The van der Waals surface area contributed by atoms with E-state index in [9.17, 15) is 18.0 Å². The van der Waals surface area contributed by atoms with E-state index in [0.717, 1.165) is 10.9 Å². The van der Waals surface area contributed by atoms with Gasteiger partial charge in [-0.1, -0.05) is 0 Å². The van der Waals surface area contributed by atoms with Crippen LogP contribution in [0.5, 0.6) is 0 Å². The van der Waals surface area contributed by atoms with E-state index >= 15 is 0 Å². The first kappa shape index (κ1) is 14.8. The lowest BCUT2D eigenvalue weighted by Gasteiger charge is -2.08. The number of hydrogen-bond acceptors (Lipinski definition) is 6. The van der Waals surface area contributed by atoms with Crippen LogP contribution in [0.1, 0.15) is 23.0 Å². The Balaban J connectivity index is 2.39. The summed E-state index contributed by atoms with van der Waals surface area (Å²) in [7, 11) is 0. The summed E-state index contributed by atoms with van der Waals surface area (Å²) in [4.78, 5) is 18.2. The Labute approximate surface area is 116 Å². The maximum absolute atomic E-state index is 12.6. The molecule has 2 heterocycles. The number of hydrogen-bond donors (Lipinski definition) is 1. The summed E-state index contributed by atoms with van der Waals surface area (Å²) < 4.78 is 43.7. The van der Waals surface area contributed by atoms with Crippen LogP contribution in [0.2, 0.25) is 0 Å². The smallest absolute Gasteiger partial charge is 0.433 e. The number of alkyl halides is 3. The Bertz CT molecular complexity index is 668. The van der Waals surface area contributed by atoms with Gasteiger partial charge in [-0.25, -0.2) is 14.5 Å². The standard InChI is InChI=1S/C11H10F3N5O2/c1-2-21-9(20)6-4-16-19(5-6)8-3-7(11(12,13)14)17-10(15)18-8/h3-5H,2H2,1H3,(H2,15,17,18). The normalized spacial score (nSPS) is 11.4. The summed E-state index contributed by atoms with van der Waals surface area (Å²) in [5.41, 5.74) is 4.14. The first-order valence-electron chi connectivity index (χ1n) is 5.75. The molecule has 0 aromatic carbocycles. The van der Waals surface area contributed by atoms with Crippen molar-refractivity contribution in [1.82, 2.24) is 19.7 Å². The third-order valence-electron chi connectivity index (χ3n) is 2.35. The Kier molecular flexibility index (Phi) is 3.78. The van der Waals surface area contributed by atoms with Gasteiger partial charge >= 0.3 is 12.1 Å². The number of anilines is 1. The Morgan fingerprint density at radius 1 is 1.43 bits per heavy atom. The molecule has 0 atom stereocenters. The van der Waals surface area contributed by atoms with Crippen LogP contribution < -0.4 is 5.73 Å². The largest absolute Gasteiger partial charge is 0.462 e. The maximum Gasteiger partial charge on any atom is 0.433 e. The van der Waals surface area contributed by atoms with Crippen molar-refractivity contribution in [2.75, 3.05) is 12.3 Å². The zero-order chi connectivity index (χ0) is 15.6. The van der Waals surface area contributed by atoms with Crippen LogP contribution in [0.4, 0.5) is 19.1 Å². The van der Waals surface area contributed by atoms with Crippen LogP contribution >= 0.6 is 0 Å². The lowest BCUT2D eigenvalue weighted by Crippen LogP contribution is -2.13. The van der Waals surface area contributed by atoms with E-state index in [2.05, 4.69) is 15.1 Å². The second-order valence-corrected chi connectivity index (χ2v) is 3.86. The summed E-state index contributed by atoms with van der Waals surface area (Å²) in [5, 5.41) is 3.76. The van der Waals surface area contributed by atoms with E-state index in [1.807, 2.05) is 0 Å². The Hall–Kier alpha value is -2.65. The average molecular weight is 301 g/mol. The van der Waals surface area contributed by atoms with Crippen molar-refractivity contribution in [3.63, 3.8) is 0 Å². The molecule has 21 heavy (non-hydrogen) atoms. The molecule has 0 amide bonds. The van der Waals surface area contributed by atoms with Crippen molar-refractivity contribution < 1.29 is 22.7 Å². The van der Waals surface area contributed by atoms with Gasteiger partial charge in [-0.3, -0.25) is 0 Å². The monoisotopic (exact) mass is 301 g/mol. The highest BCUT2D eigenvalue weighted by molar-refractivity contribution is 5.88. The highest BCUT2D eigenvalue weighted by Crippen LogP contribution is 2.28. The zero-order valence-electron chi connectivity index (χ0n) is 10.8. The fraction of sp³-hybridized carbons (Fsp3) is 0.273. The number of nitrogens with zero attached hydrogens (tertiary/aromatic N) is 4. The summed E-state index contributed by atoms with van der Waals surface area (Å²) in [6.07, 6.45) is -2.31. The van der Waals surface area contributed by atoms with Gasteiger partial charge in [0.15, 0.2) is 11.5 Å². The molecule has 0 aliphatic carbocycles. The number of esters is 1. The maximum atomic E-state index is 12.6. The van der Waals surface area contributed by atoms with Crippen LogP contribution in [0, 0.1) is 0 Å². The molecule has 2 aromatic heterocycles. The first-order chi connectivity index (χ1) is 9.81. The van der Waals surface area contributed by atoms with Crippen LogP contribution in [-0.4, -0.2) is 32.3 Å². The molecule has 2 N–H and O–H groups in total. The van der Waals surface area contributed by atoms with Gasteiger partial charge in [0.2, 0.25) is 5.95 Å². The van der Waals surface area contributed by atoms with Gasteiger partial charge in [0.05, 0.1) is 18.4 Å². The van der Waals surface area contributed by atoms with E-state index in [0.29, 0.717) is 6.07 Å². The van der Waals surface area contributed by atoms with Crippen molar-refractivity contribution in [2.24, 2.45) is 0 Å². The molecule has 0 radical (unpaired) electrons. The number of halogens is 3. The molecule has 7 nitrogen and oxygen atoms in total. The van der Waals surface area contributed by atoms with Gasteiger partial charge in [0, 0.05) is 12.3 Å². The van der Waals surface area contributed by atoms with Gasteiger partial charge in [0.25, 0.3) is 0 Å². The van der Waals surface area contributed by atoms with Crippen LogP contribution in [0.3, 0.4) is 0 Å². The second kappa shape index (κ2) is 5.38. The molecule has 0 bridgehead atoms. The lowest BCUT2D eigenvalue weighted by atomic mass is 10.3. The summed E-state index contributed by atoms with van der Waals surface area (Å²) in [6.45, 7) is 1.80. The molecular weight excluding hydrogens is 291 g/mol. The predicted molar refractivity (Wildman–Crippen MR) is 64.5 cm³/mol. The minimum absolute atomic E-state index is 0.0857. The van der Waals surface area contributed by atoms with Crippen LogP contribution in [0.25, 0.3) is 5.82 Å². The van der Waals surface area contributed by atoms with Gasteiger partial charge in [-0.15, -0.1) is 0 Å². The Morgan fingerprint density at radius 3 is 2.76 bits per heavy atom. The fourth-order valence-electron chi connectivity index (χ4n) is 1.48. The van der Waals surface area contributed by atoms with E-state index in [4.69, 9.17) is 10.5 Å². The number of ether oxygens (including phenoxy) is 1. The quantitative estimate of drug-likeness (QED) is 0.862. The summed E-state index contributed by atoms with van der Waals surface area (Å²) >= 11 is 0. The van der Waals surface area contributed by atoms with Crippen LogP contribution in [0.15, 0.2) is 18.5 Å². The summed E-state index contributed by atoms with van der Waals surface area (Å²) in [6, 6.07) is 0.679. The molecule has 0 unspecified atom stereocenters. The SMILES string of the molecule is CCOC(=O)c1cnn(-c2cc(C(F)(F)F)nc(N)n2)c1. The molecule has 2 aromatic rings. The van der Waals surface area contributed by atoms with Crippen molar-refractivity contribution in [2.45, 2.75) is 13.1 Å². The third-order valence-corrected chi connectivity index (χ3v) is 2.35. The van der Waals surface area contributed by atoms with Crippen molar-refractivity contribution in [3.8, 4) is 5.82 Å². The predicted octanol–water partition coefficient (Wildman–Crippen LogP) is 1.44. The van der Waals surface area contributed by atoms with Gasteiger partial charge in [-0.2, -0.15) is 23.3 Å². The highest BCUT2D eigenvalue weighted by Gasteiger charge is 2.33. The number of nitrogen functional groups attached to an aromatic ring is 1. The van der Waals surface area contributed by atoms with E-state index in [1.54, 1.807) is 6.92 Å². The molecule has 2 rings (SSSR count). The lowest BCUT2D eigenvalue weighted by molar-refractivity contribution is -0.141. The Morgan fingerprint density at radius 2 is 2.14 bits per heavy atom. The van der Waals surface area contributed by atoms with E-state index < -0.39 is 23.8 Å². The van der Waals surface area contributed by atoms with Crippen molar-refractivity contribution in [3.05, 3.63) is 29.7 Å². The average Bonchev–Trinajstić information content (AvgIpc) is 2.87. The molecule has 10 heteroatoms. The number of aromatic nitrogens is 4. The minimum atomic E-state index is -4.66. The summed E-state index contributed by atoms with van der Waals surface area (Å²) in [5.74, 6) is -1.39. The molecular formula is C11H10F3N5O2. The molecule has 0 spiro atoms. The van der Waals surface area contributed by atoms with Crippen molar-refractivity contribution in [1.29, 1.82) is 0 Å². The molecule has 0 saturated heterocycles. The first-order valence-corrected chi connectivity index (χ1v) is 5.75. The van der Waals surface area contributed by atoms with Gasteiger partial charge < -0.3 is 10.5 Å². The fourth-order valence-corrected chi connectivity index (χ4v) is 1.48. The number of nitrogens with two attached hydrogens (primary N) is 1. The van der Waals surface area contributed by atoms with E-state index in [1.165, 1.54) is 6.20 Å². The van der Waals surface area contributed by atoms with E-state index in [-0.39, 0.29) is 18.0 Å². The highest BCUT2D eigenvalue weighted by atomic mass is 19.4. The molecule has 0 aliphatic rings. The van der Waals surface area contributed by atoms with Gasteiger partial charge in [0.1, 0.15) is 0 Å². The van der Waals surface area contributed by atoms with Crippen molar-refractivity contribution >= 4 is 11.9 Å². The third kappa shape index (κ3) is 3.27. The van der Waals surface area contributed by atoms with Gasteiger partial charge in [-0.05, 0) is 6.92 Å². The molecule has 0 saturated carbocycles. The topological polar surface area (TPSA) is 95.9 Å². The zero-order valence-corrected chi connectivity index (χ0v) is 10.8. The number of carbonyl (C=O) groups is 1. The number of rotatable bonds is 3. The molecule has 0 fully saturated rings. The number of carbonyl (C=O) groups excluding carboxylic acids is 1.